The molecule has 3 heterocycles. The molecule has 0 atom stereocenters. The number of hydrogen-bond acceptors (Lipinski definition) is 6. The van der Waals surface area contributed by atoms with Crippen molar-refractivity contribution in [3.63, 3.8) is 0 Å². The molecule has 2 aromatic heterocycles. The van der Waals surface area contributed by atoms with Gasteiger partial charge >= 0.3 is 0 Å². The second-order valence-corrected chi connectivity index (χ2v) is 6.80. The number of para-hydroxylation sites is 2. The maximum atomic E-state index is 12.4. The highest BCUT2D eigenvalue weighted by Crippen LogP contribution is 2.26. The van der Waals surface area contributed by atoms with Crippen LogP contribution in [0.2, 0.25) is 0 Å². The molecule has 1 saturated heterocycles. The molecule has 28 heavy (non-hydrogen) atoms. The fourth-order valence-electron chi connectivity index (χ4n) is 3.30. The van der Waals surface area contributed by atoms with E-state index in [0.29, 0.717) is 44.3 Å². The summed E-state index contributed by atoms with van der Waals surface area (Å²) >= 11 is 0. The van der Waals surface area contributed by atoms with Gasteiger partial charge in [-0.25, -0.2) is 0 Å². The maximum absolute atomic E-state index is 12.4. The zero-order valence-corrected chi connectivity index (χ0v) is 15.4. The highest BCUT2D eigenvalue weighted by Gasteiger charge is 2.27. The Balaban J connectivity index is 1.22. The Kier molecular flexibility index (Phi) is 5.27. The van der Waals surface area contributed by atoms with E-state index in [1.807, 2.05) is 24.3 Å². The molecule has 2 N–H and O–H groups in total. The van der Waals surface area contributed by atoms with E-state index in [9.17, 15) is 9.59 Å². The standard InChI is InChI=1S/C20H22N4O4/c25-18(21-12-15-4-3-11-27-15)13-22-19(26)14-7-9-24(10-8-14)20-23-16-5-1-2-6-17(16)28-20/h1-6,11,14H,7-10,12-13H2,(H,21,25)(H,22,26). The molecule has 8 nitrogen and oxygen atoms in total. The summed E-state index contributed by atoms with van der Waals surface area (Å²) in [6.45, 7) is 1.65. The summed E-state index contributed by atoms with van der Waals surface area (Å²) in [4.78, 5) is 30.8. The second kappa shape index (κ2) is 8.16. The molecule has 8 heteroatoms. The minimum Gasteiger partial charge on any atom is -0.467 e. The number of anilines is 1. The summed E-state index contributed by atoms with van der Waals surface area (Å²) in [6, 6.07) is 11.8. The van der Waals surface area contributed by atoms with Crippen LogP contribution in [-0.2, 0) is 16.1 Å². The molecule has 0 radical (unpaired) electrons. The fraction of sp³-hybridized carbons (Fsp3) is 0.350. The monoisotopic (exact) mass is 382 g/mol. The van der Waals surface area contributed by atoms with Gasteiger partial charge in [-0.1, -0.05) is 12.1 Å². The third-order valence-corrected chi connectivity index (χ3v) is 4.88. The van der Waals surface area contributed by atoms with E-state index in [0.717, 1.165) is 11.1 Å². The van der Waals surface area contributed by atoms with E-state index in [1.54, 1.807) is 18.4 Å². The number of nitrogens with one attached hydrogen (secondary N) is 2. The number of benzene rings is 1. The van der Waals surface area contributed by atoms with Crippen molar-refractivity contribution in [3.05, 3.63) is 48.4 Å². The largest absolute Gasteiger partial charge is 0.467 e. The molecule has 1 aliphatic heterocycles. The minimum absolute atomic E-state index is 0.0368. The number of carbonyl (C=O) groups excluding carboxylic acids is 2. The van der Waals surface area contributed by atoms with Crippen LogP contribution in [-0.4, -0.2) is 36.4 Å². The molecule has 146 valence electrons. The minimum atomic E-state index is -0.242. The van der Waals surface area contributed by atoms with Crippen LogP contribution in [0.25, 0.3) is 11.1 Å². The van der Waals surface area contributed by atoms with E-state index >= 15 is 0 Å². The Bertz CT molecular complexity index is 909. The Morgan fingerprint density at radius 2 is 1.93 bits per heavy atom. The number of oxazole rings is 1. The van der Waals surface area contributed by atoms with Crippen LogP contribution in [0.5, 0.6) is 0 Å². The van der Waals surface area contributed by atoms with Gasteiger partial charge in [-0.05, 0) is 37.1 Å². The third kappa shape index (κ3) is 4.16. The quantitative estimate of drug-likeness (QED) is 0.677. The molecule has 0 unspecified atom stereocenters. The molecule has 0 bridgehead atoms. The Labute approximate surface area is 161 Å². The average molecular weight is 382 g/mol. The summed E-state index contributed by atoms with van der Waals surface area (Å²) in [6.07, 6.45) is 2.94. The van der Waals surface area contributed by atoms with E-state index in [1.165, 1.54) is 0 Å². The van der Waals surface area contributed by atoms with Crippen LogP contribution >= 0.6 is 0 Å². The Hall–Kier alpha value is -3.29. The van der Waals surface area contributed by atoms with Crippen molar-refractivity contribution in [2.75, 3.05) is 24.5 Å². The van der Waals surface area contributed by atoms with Gasteiger partial charge in [0.25, 0.3) is 6.01 Å². The average Bonchev–Trinajstić information content (AvgIpc) is 3.40. The first kappa shape index (κ1) is 18.1. The van der Waals surface area contributed by atoms with Gasteiger partial charge < -0.3 is 24.4 Å². The molecule has 0 spiro atoms. The van der Waals surface area contributed by atoms with Crippen molar-refractivity contribution in [1.29, 1.82) is 0 Å². The number of piperidine rings is 1. The molecule has 4 rings (SSSR count). The molecule has 1 aromatic carbocycles. The van der Waals surface area contributed by atoms with Gasteiger partial charge in [-0.15, -0.1) is 0 Å². The maximum Gasteiger partial charge on any atom is 0.298 e. The Morgan fingerprint density at radius 3 is 2.68 bits per heavy atom. The SMILES string of the molecule is O=C(CNC(=O)C1CCN(c2nc3ccccc3o2)CC1)NCc1ccco1. The molecule has 1 fully saturated rings. The fourth-order valence-corrected chi connectivity index (χ4v) is 3.30. The van der Waals surface area contributed by atoms with Gasteiger partial charge in [-0.2, -0.15) is 4.98 Å². The van der Waals surface area contributed by atoms with Crippen LogP contribution in [0.3, 0.4) is 0 Å². The third-order valence-electron chi connectivity index (χ3n) is 4.88. The zero-order chi connectivity index (χ0) is 19.3. The Morgan fingerprint density at radius 1 is 1.11 bits per heavy atom. The van der Waals surface area contributed by atoms with Crippen LogP contribution in [0, 0.1) is 5.92 Å². The molecule has 0 aliphatic carbocycles. The highest BCUT2D eigenvalue weighted by atomic mass is 16.4. The topological polar surface area (TPSA) is 101 Å². The van der Waals surface area contributed by atoms with Crippen LogP contribution in [0.15, 0.2) is 51.5 Å². The first-order chi connectivity index (χ1) is 13.7. The number of carbonyl (C=O) groups is 2. The van der Waals surface area contributed by atoms with Gasteiger partial charge in [-0.3, -0.25) is 9.59 Å². The van der Waals surface area contributed by atoms with Gasteiger partial charge in [0.2, 0.25) is 11.8 Å². The smallest absolute Gasteiger partial charge is 0.298 e. The lowest BCUT2D eigenvalue weighted by Crippen LogP contribution is -2.43. The first-order valence-corrected chi connectivity index (χ1v) is 9.36. The van der Waals surface area contributed by atoms with Crippen molar-refractivity contribution in [3.8, 4) is 0 Å². The normalized spacial score (nSPS) is 14.9. The van der Waals surface area contributed by atoms with Crippen LogP contribution in [0.4, 0.5) is 6.01 Å². The number of rotatable bonds is 6. The molecular formula is C20H22N4O4. The van der Waals surface area contributed by atoms with Gasteiger partial charge in [0.05, 0.1) is 19.4 Å². The van der Waals surface area contributed by atoms with E-state index in [2.05, 4.69) is 20.5 Å². The predicted octanol–water partition coefficient (Wildman–Crippen LogP) is 2.07. The van der Waals surface area contributed by atoms with Gasteiger partial charge in [0, 0.05) is 19.0 Å². The molecule has 3 aromatic rings. The lowest BCUT2D eigenvalue weighted by molar-refractivity contribution is -0.129. The predicted molar refractivity (Wildman–Crippen MR) is 103 cm³/mol. The number of amides is 2. The van der Waals surface area contributed by atoms with E-state index < -0.39 is 0 Å². The number of nitrogens with zero attached hydrogens (tertiary/aromatic N) is 2. The van der Waals surface area contributed by atoms with Crippen molar-refractivity contribution in [2.45, 2.75) is 19.4 Å². The zero-order valence-electron chi connectivity index (χ0n) is 15.4. The van der Waals surface area contributed by atoms with E-state index in [4.69, 9.17) is 8.83 Å². The summed E-state index contributed by atoms with van der Waals surface area (Å²) in [5, 5.41) is 5.43. The van der Waals surface area contributed by atoms with Crippen molar-refractivity contribution >= 4 is 28.9 Å². The number of hydrogen-bond donors (Lipinski definition) is 2. The lowest BCUT2D eigenvalue weighted by Gasteiger charge is -2.30. The summed E-state index contributed by atoms with van der Waals surface area (Å²) in [5.74, 6) is 0.226. The molecule has 2 amide bonds. The van der Waals surface area contributed by atoms with Crippen molar-refractivity contribution < 1.29 is 18.4 Å². The lowest BCUT2D eigenvalue weighted by atomic mass is 9.96. The number of furan rings is 1. The van der Waals surface area contributed by atoms with Crippen molar-refractivity contribution in [1.82, 2.24) is 15.6 Å². The summed E-state index contributed by atoms with van der Waals surface area (Å²) in [5.41, 5.74) is 1.59. The second-order valence-electron chi connectivity index (χ2n) is 6.80. The molecule has 1 aliphatic rings. The first-order valence-electron chi connectivity index (χ1n) is 9.36. The number of fused-ring (bicyclic) bond motifs is 1. The molecular weight excluding hydrogens is 360 g/mol. The molecule has 0 saturated carbocycles. The number of aromatic nitrogens is 1. The highest BCUT2D eigenvalue weighted by molar-refractivity contribution is 5.85. The van der Waals surface area contributed by atoms with Gasteiger partial charge in [0.1, 0.15) is 11.3 Å². The summed E-state index contributed by atoms with van der Waals surface area (Å²) in [7, 11) is 0. The van der Waals surface area contributed by atoms with Crippen LogP contribution < -0.4 is 15.5 Å². The van der Waals surface area contributed by atoms with Crippen LogP contribution in [0.1, 0.15) is 18.6 Å². The van der Waals surface area contributed by atoms with Crippen molar-refractivity contribution in [2.24, 2.45) is 5.92 Å². The van der Waals surface area contributed by atoms with Gasteiger partial charge in [0.15, 0.2) is 5.58 Å². The summed E-state index contributed by atoms with van der Waals surface area (Å²) < 4.78 is 10.9. The van der Waals surface area contributed by atoms with E-state index in [-0.39, 0.29) is 24.3 Å².